The molecule has 1 aliphatic rings. The standard InChI is InChI=1S/C12H12N4O4/c17-10-6-3-7-11(18)12(10)14-13-8-4-1-2-5-9(8)15-16(19)20/h1-2,4-5,15,17H,3,6-7H2. The van der Waals surface area contributed by atoms with Crippen molar-refractivity contribution >= 4 is 17.2 Å². The van der Waals surface area contributed by atoms with Crippen molar-refractivity contribution < 1.29 is 14.9 Å². The number of hydrazine groups is 1. The molecule has 0 unspecified atom stereocenters. The predicted molar refractivity (Wildman–Crippen MR) is 70.1 cm³/mol. The highest BCUT2D eigenvalue weighted by Gasteiger charge is 2.20. The van der Waals surface area contributed by atoms with Crippen LogP contribution in [0, 0.1) is 10.1 Å². The van der Waals surface area contributed by atoms with E-state index in [-0.39, 0.29) is 28.6 Å². The molecule has 1 aliphatic carbocycles. The Morgan fingerprint density at radius 3 is 2.70 bits per heavy atom. The maximum Gasteiger partial charge on any atom is 0.186 e. The van der Waals surface area contributed by atoms with Gasteiger partial charge in [-0.2, -0.15) is 0 Å². The molecular formula is C12H12N4O4. The van der Waals surface area contributed by atoms with E-state index in [0.29, 0.717) is 19.3 Å². The number of hydrogen-bond acceptors (Lipinski definition) is 6. The van der Waals surface area contributed by atoms with E-state index in [1.165, 1.54) is 12.1 Å². The summed E-state index contributed by atoms with van der Waals surface area (Å²) < 4.78 is 0. The number of Topliss-reactive ketones (excluding diaryl/α,β-unsaturated/α-hetero) is 1. The molecule has 0 amide bonds. The Morgan fingerprint density at radius 2 is 2.00 bits per heavy atom. The van der Waals surface area contributed by atoms with Crippen LogP contribution in [0.1, 0.15) is 19.3 Å². The van der Waals surface area contributed by atoms with Gasteiger partial charge in [0.15, 0.2) is 16.5 Å². The van der Waals surface area contributed by atoms with Crippen LogP contribution in [0.2, 0.25) is 0 Å². The van der Waals surface area contributed by atoms with E-state index < -0.39 is 5.03 Å². The fourth-order valence-corrected chi connectivity index (χ4v) is 1.79. The maximum atomic E-state index is 11.6. The monoisotopic (exact) mass is 276 g/mol. The van der Waals surface area contributed by atoms with E-state index in [9.17, 15) is 20.0 Å². The molecule has 0 aliphatic heterocycles. The molecule has 1 aromatic carbocycles. The molecule has 8 heteroatoms. The number of nitrogens with zero attached hydrogens (tertiary/aromatic N) is 3. The third-order valence-electron chi connectivity index (χ3n) is 2.73. The summed E-state index contributed by atoms with van der Waals surface area (Å²) >= 11 is 0. The van der Waals surface area contributed by atoms with Crippen LogP contribution in [-0.2, 0) is 4.79 Å². The molecule has 0 saturated carbocycles. The van der Waals surface area contributed by atoms with Crippen molar-refractivity contribution in [2.45, 2.75) is 19.3 Å². The highest BCUT2D eigenvalue weighted by molar-refractivity contribution is 5.96. The van der Waals surface area contributed by atoms with Gasteiger partial charge >= 0.3 is 0 Å². The second kappa shape index (κ2) is 5.91. The van der Waals surface area contributed by atoms with Crippen LogP contribution in [0.5, 0.6) is 0 Å². The number of azo groups is 1. The summed E-state index contributed by atoms with van der Waals surface area (Å²) in [7, 11) is 0. The predicted octanol–water partition coefficient (Wildman–Crippen LogP) is 2.90. The molecule has 0 bridgehead atoms. The maximum absolute atomic E-state index is 11.6. The van der Waals surface area contributed by atoms with E-state index in [4.69, 9.17) is 0 Å². The van der Waals surface area contributed by atoms with Crippen LogP contribution < -0.4 is 5.43 Å². The summed E-state index contributed by atoms with van der Waals surface area (Å²) in [5.41, 5.74) is 2.28. The number of aliphatic hydroxyl groups excluding tert-OH is 1. The van der Waals surface area contributed by atoms with Gasteiger partial charge in [-0.05, 0) is 18.6 Å². The minimum Gasteiger partial charge on any atom is -0.510 e. The SMILES string of the molecule is O=C1CCCC(O)=C1N=Nc1ccccc1N[N+](=O)[O-]. The Balaban J connectivity index is 2.27. The van der Waals surface area contributed by atoms with Gasteiger partial charge in [0.1, 0.15) is 17.1 Å². The summed E-state index contributed by atoms with van der Waals surface area (Å²) in [5, 5.41) is 26.9. The number of carbonyl (C=O) groups excluding carboxylic acids is 1. The van der Waals surface area contributed by atoms with Crippen LogP contribution in [0.25, 0.3) is 0 Å². The number of carbonyl (C=O) groups is 1. The fourth-order valence-electron chi connectivity index (χ4n) is 1.79. The van der Waals surface area contributed by atoms with Gasteiger partial charge in [-0.3, -0.25) is 4.79 Å². The number of hydrogen-bond donors (Lipinski definition) is 2. The molecule has 0 heterocycles. The number of anilines is 1. The molecule has 8 nitrogen and oxygen atoms in total. The number of nitrogens with one attached hydrogen (secondary N) is 1. The van der Waals surface area contributed by atoms with E-state index in [1.54, 1.807) is 12.1 Å². The van der Waals surface area contributed by atoms with Crippen molar-refractivity contribution in [1.82, 2.24) is 0 Å². The van der Waals surface area contributed by atoms with Gasteiger partial charge in [0.25, 0.3) is 0 Å². The molecule has 0 saturated heterocycles. The smallest absolute Gasteiger partial charge is 0.186 e. The van der Waals surface area contributed by atoms with Crippen LogP contribution in [0.15, 0.2) is 46.0 Å². The summed E-state index contributed by atoms with van der Waals surface area (Å²) in [6, 6.07) is 6.22. The minimum atomic E-state index is -0.711. The van der Waals surface area contributed by atoms with Gasteiger partial charge < -0.3 is 5.11 Å². The van der Waals surface area contributed by atoms with Crippen molar-refractivity contribution in [3.05, 3.63) is 45.8 Å². The number of benzene rings is 1. The number of aliphatic hydroxyl groups is 1. The Hall–Kier alpha value is -2.77. The summed E-state index contributed by atoms with van der Waals surface area (Å²) in [6.07, 6.45) is 1.28. The van der Waals surface area contributed by atoms with Gasteiger partial charge in [-0.25, -0.2) is 10.1 Å². The molecule has 1 aromatic rings. The summed E-state index contributed by atoms with van der Waals surface area (Å²) in [4.78, 5) is 22.0. The molecular weight excluding hydrogens is 264 g/mol. The van der Waals surface area contributed by atoms with E-state index >= 15 is 0 Å². The first kappa shape index (κ1) is 13.7. The Morgan fingerprint density at radius 1 is 1.25 bits per heavy atom. The summed E-state index contributed by atoms with van der Waals surface area (Å²) in [5.74, 6) is -0.373. The topological polar surface area (TPSA) is 117 Å². The average Bonchev–Trinajstić information content (AvgIpc) is 2.39. The normalized spacial score (nSPS) is 15.7. The van der Waals surface area contributed by atoms with E-state index in [0.717, 1.165) is 0 Å². The zero-order chi connectivity index (χ0) is 14.5. The van der Waals surface area contributed by atoms with Crippen molar-refractivity contribution in [2.24, 2.45) is 10.2 Å². The largest absolute Gasteiger partial charge is 0.510 e. The molecule has 0 aromatic heterocycles. The zero-order valence-corrected chi connectivity index (χ0v) is 10.4. The van der Waals surface area contributed by atoms with E-state index in [1.807, 2.05) is 5.43 Å². The second-order valence-corrected chi connectivity index (χ2v) is 4.16. The highest BCUT2D eigenvalue weighted by atomic mass is 16.7. The van der Waals surface area contributed by atoms with Crippen LogP contribution in [-0.4, -0.2) is 15.9 Å². The minimum absolute atomic E-state index is 0.0767. The van der Waals surface area contributed by atoms with Crippen LogP contribution in [0.4, 0.5) is 11.4 Å². The van der Waals surface area contributed by atoms with Gasteiger partial charge in [0, 0.05) is 12.8 Å². The molecule has 104 valence electrons. The number of rotatable bonds is 4. The lowest BCUT2D eigenvalue weighted by Gasteiger charge is -2.10. The van der Waals surface area contributed by atoms with Crippen molar-refractivity contribution in [3.8, 4) is 0 Å². The highest BCUT2D eigenvalue weighted by Crippen LogP contribution is 2.27. The lowest BCUT2D eigenvalue weighted by molar-refractivity contribution is -0.445. The molecule has 0 radical (unpaired) electrons. The Labute approximate surface area is 114 Å². The number of nitro groups is 1. The third kappa shape index (κ3) is 3.16. The summed E-state index contributed by atoms with van der Waals surface area (Å²) in [6.45, 7) is 0. The van der Waals surface area contributed by atoms with Gasteiger partial charge in [-0.15, -0.1) is 15.7 Å². The van der Waals surface area contributed by atoms with Crippen molar-refractivity contribution in [2.75, 3.05) is 5.43 Å². The number of allylic oxidation sites excluding steroid dienone is 2. The van der Waals surface area contributed by atoms with Crippen molar-refractivity contribution in [1.29, 1.82) is 0 Å². The van der Waals surface area contributed by atoms with Crippen molar-refractivity contribution in [3.63, 3.8) is 0 Å². The Kier molecular flexibility index (Phi) is 4.04. The fraction of sp³-hybridized carbons (Fsp3) is 0.250. The second-order valence-electron chi connectivity index (χ2n) is 4.16. The van der Waals surface area contributed by atoms with Gasteiger partial charge in [-0.1, -0.05) is 12.1 Å². The molecule has 0 atom stereocenters. The lowest BCUT2D eigenvalue weighted by atomic mass is 10.0. The average molecular weight is 276 g/mol. The molecule has 20 heavy (non-hydrogen) atoms. The molecule has 2 rings (SSSR count). The first-order valence-corrected chi connectivity index (χ1v) is 5.95. The van der Waals surface area contributed by atoms with Crippen LogP contribution in [0.3, 0.4) is 0 Å². The van der Waals surface area contributed by atoms with E-state index in [2.05, 4.69) is 10.2 Å². The number of para-hydroxylation sites is 1. The lowest BCUT2D eigenvalue weighted by Crippen LogP contribution is -2.09. The van der Waals surface area contributed by atoms with Gasteiger partial charge in [0.05, 0.1) is 0 Å². The molecule has 0 fully saturated rings. The third-order valence-corrected chi connectivity index (χ3v) is 2.73. The van der Waals surface area contributed by atoms with Crippen LogP contribution >= 0.6 is 0 Å². The molecule has 2 N–H and O–H groups in total. The van der Waals surface area contributed by atoms with Gasteiger partial charge in [0.2, 0.25) is 0 Å². The first-order chi connectivity index (χ1) is 9.58. The Bertz CT molecular complexity index is 609. The first-order valence-electron chi connectivity index (χ1n) is 5.95. The zero-order valence-electron chi connectivity index (χ0n) is 10.4. The quantitative estimate of drug-likeness (QED) is 0.498. The molecule has 0 spiro atoms. The number of ketones is 1.